The summed E-state index contributed by atoms with van der Waals surface area (Å²) in [6.07, 6.45) is 8.63. The molecule has 1 aromatic heterocycles. The Morgan fingerprint density at radius 2 is 2.10 bits per heavy atom. The number of furan rings is 1. The molecule has 3 nitrogen and oxygen atoms in total. The van der Waals surface area contributed by atoms with Crippen molar-refractivity contribution in [2.45, 2.75) is 25.3 Å². The Bertz CT molecular complexity index is 601. The maximum Gasteiger partial charge on any atom is 0.221 e. The van der Waals surface area contributed by atoms with Crippen LogP contribution in [0.15, 0.2) is 65.3 Å². The lowest BCUT2D eigenvalue weighted by Gasteiger charge is -2.18. The summed E-state index contributed by atoms with van der Waals surface area (Å²) in [5.41, 5.74) is 1.03. The molecule has 0 fully saturated rings. The number of amides is 1. The number of hydrogen-bond acceptors (Lipinski definition) is 2. The molecule has 1 aliphatic rings. The van der Waals surface area contributed by atoms with Crippen molar-refractivity contribution >= 4 is 5.91 Å². The Balaban J connectivity index is 1.73. The van der Waals surface area contributed by atoms with Gasteiger partial charge in [-0.1, -0.05) is 42.5 Å². The van der Waals surface area contributed by atoms with Crippen molar-refractivity contribution in [1.29, 1.82) is 0 Å². The zero-order valence-corrected chi connectivity index (χ0v) is 11.9. The van der Waals surface area contributed by atoms with E-state index in [1.54, 1.807) is 6.26 Å². The Kier molecular flexibility index (Phi) is 4.20. The van der Waals surface area contributed by atoms with Crippen LogP contribution in [0.1, 0.15) is 36.6 Å². The summed E-state index contributed by atoms with van der Waals surface area (Å²) in [6, 6.07) is 13.4. The third kappa shape index (κ3) is 3.43. The van der Waals surface area contributed by atoms with Crippen molar-refractivity contribution in [3.05, 3.63) is 72.2 Å². The van der Waals surface area contributed by atoms with E-state index >= 15 is 0 Å². The van der Waals surface area contributed by atoms with E-state index in [0.29, 0.717) is 12.3 Å². The van der Waals surface area contributed by atoms with Crippen LogP contribution in [0.25, 0.3) is 0 Å². The van der Waals surface area contributed by atoms with Crippen LogP contribution in [0.2, 0.25) is 0 Å². The van der Waals surface area contributed by atoms with Crippen LogP contribution in [0.3, 0.4) is 0 Å². The van der Waals surface area contributed by atoms with E-state index in [4.69, 9.17) is 4.42 Å². The minimum Gasteiger partial charge on any atom is -0.467 e. The Morgan fingerprint density at radius 1 is 1.24 bits per heavy atom. The molecule has 0 spiro atoms. The maximum atomic E-state index is 12.3. The van der Waals surface area contributed by atoms with Gasteiger partial charge in [-0.05, 0) is 36.5 Å². The quantitative estimate of drug-likeness (QED) is 0.846. The Morgan fingerprint density at radius 3 is 2.76 bits per heavy atom. The molecule has 0 radical (unpaired) electrons. The molecule has 0 aliphatic heterocycles. The largest absolute Gasteiger partial charge is 0.467 e. The van der Waals surface area contributed by atoms with Crippen LogP contribution in [0, 0.1) is 5.92 Å². The summed E-state index contributed by atoms with van der Waals surface area (Å²) in [5.74, 6) is 1.20. The van der Waals surface area contributed by atoms with Gasteiger partial charge < -0.3 is 9.73 Å². The van der Waals surface area contributed by atoms with Crippen molar-refractivity contribution in [1.82, 2.24) is 5.32 Å². The second-order valence-corrected chi connectivity index (χ2v) is 5.40. The van der Waals surface area contributed by atoms with Crippen LogP contribution < -0.4 is 5.32 Å². The predicted octanol–water partition coefficient (Wildman–Crippen LogP) is 3.84. The first-order valence-corrected chi connectivity index (χ1v) is 7.37. The summed E-state index contributed by atoms with van der Waals surface area (Å²) in [5, 5.41) is 3.10. The van der Waals surface area contributed by atoms with Gasteiger partial charge in [0.1, 0.15) is 11.8 Å². The zero-order chi connectivity index (χ0) is 14.5. The summed E-state index contributed by atoms with van der Waals surface area (Å²) < 4.78 is 5.49. The number of nitrogens with one attached hydrogen (secondary N) is 1. The van der Waals surface area contributed by atoms with Gasteiger partial charge in [0.25, 0.3) is 0 Å². The Hall–Kier alpha value is -2.29. The van der Waals surface area contributed by atoms with E-state index < -0.39 is 0 Å². The molecular weight excluding hydrogens is 262 g/mol. The molecule has 2 aromatic rings. The van der Waals surface area contributed by atoms with Gasteiger partial charge in [0.15, 0.2) is 0 Å². The molecule has 1 aliphatic carbocycles. The molecule has 2 unspecified atom stereocenters. The predicted molar refractivity (Wildman–Crippen MR) is 81.6 cm³/mol. The lowest BCUT2D eigenvalue weighted by molar-refractivity contribution is -0.122. The van der Waals surface area contributed by atoms with E-state index in [2.05, 4.69) is 17.5 Å². The van der Waals surface area contributed by atoms with E-state index in [1.807, 2.05) is 42.5 Å². The summed E-state index contributed by atoms with van der Waals surface area (Å²) >= 11 is 0. The summed E-state index contributed by atoms with van der Waals surface area (Å²) in [7, 11) is 0. The van der Waals surface area contributed by atoms with Crippen LogP contribution in [0.5, 0.6) is 0 Å². The molecule has 2 atom stereocenters. The summed E-state index contributed by atoms with van der Waals surface area (Å²) in [4.78, 5) is 12.3. The highest BCUT2D eigenvalue weighted by atomic mass is 16.3. The van der Waals surface area contributed by atoms with Gasteiger partial charge in [-0.25, -0.2) is 0 Å². The van der Waals surface area contributed by atoms with Crippen molar-refractivity contribution < 1.29 is 9.21 Å². The van der Waals surface area contributed by atoms with E-state index in [0.717, 1.165) is 24.2 Å². The van der Waals surface area contributed by atoms with Gasteiger partial charge in [0.05, 0.1) is 6.26 Å². The fourth-order valence-electron chi connectivity index (χ4n) is 2.74. The van der Waals surface area contributed by atoms with Crippen LogP contribution >= 0.6 is 0 Å². The topological polar surface area (TPSA) is 42.2 Å². The third-order valence-corrected chi connectivity index (χ3v) is 3.83. The number of allylic oxidation sites excluding steroid dienone is 2. The molecule has 3 rings (SSSR count). The molecule has 21 heavy (non-hydrogen) atoms. The number of hydrogen-bond donors (Lipinski definition) is 1. The molecule has 1 heterocycles. The molecule has 1 N–H and O–H groups in total. The molecule has 3 heteroatoms. The van der Waals surface area contributed by atoms with Crippen molar-refractivity contribution in [2.75, 3.05) is 0 Å². The average molecular weight is 281 g/mol. The fraction of sp³-hybridized carbons (Fsp3) is 0.278. The highest BCUT2D eigenvalue weighted by molar-refractivity contribution is 5.77. The standard InChI is InChI=1S/C18H19NO2/c20-17(13-14-7-4-5-8-14)19-18(16-11-6-12-21-16)15-9-2-1-3-10-15/h1-4,6-7,9-12,14,18H,5,8,13H2,(H,19,20). The van der Waals surface area contributed by atoms with E-state index in [-0.39, 0.29) is 11.9 Å². The number of carbonyl (C=O) groups is 1. The molecule has 0 bridgehead atoms. The lowest BCUT2D eigenvalue weighted by Crippen LogP contribution is -2.30. The van der Waals surface area contributed by atoms with Gasteiger partial charge >= 0.3 is 0 Å². The number of rotatable bonds is 5. The highest BCUT2D eigenvalue weighted by Crippen LogP contribution is 2.24. The highest BCUT2D eigenvalue weighted by Gasteiger charge is 2.21. The smallest absolute Gasteiger partial charge is 0.221 e. The van der Waals surface area contributed by atoms with Gasteiger partial charge in [-0.15, -0.1) is 0 Å². The SMILES string of the molecule is O=C(CC1C=CCC1)NC(c1ccccc1)c1ccco1. The van der Waals surface area contributed by atoms with Gasteiger partial charge in [-0.2, -0.15) is 0 Å². The van der Waals surface area contributed by atoms with Crippen molar-refractivity contribution in [3.8, 4) is 0 Å². The fourth-order valence-corrected chi connectivity index (χ4v) is 2.74. The molecule has 0 saturated heterocycles. The molecular formula is C18H19NO2. The van der Waals surface area contributed by atoms with Crippen molar-refractivity contribution in [3.63, 3.8) is 0 Å². The minimum absolute atomic E-state index is 0.0665. The van der Waals surface area contributed by atoms with E-state index in [1.165, 1.54) is 0 Å². The lowest BCUT2D eigenvalue weighted by atomic mass is 10.0. The zero-order valence-electron chi connectivity index (χ0n) is 11.9. The van der Waals surface area contributed by atoms with Crippen molar-refractivity contribution in [2.24, 2.45) is 5.92 Å². The van der Waals surface area contributed by atoms with Gasteiger partial charge in [-0.3, -0.25) is 4.79 Å². The second kappa shape index (κ2) is 6.44. The monoisotopic (exact) mass is 281 g/mol. The third-order valence-electron chi connectivity index (χ3n) is 3.83. The summed E-state index contributed by atoms with van der Waals surface area (Å²) in [6.45, 7) is 0. The molecule has 1 aromatic carbocycles. The van der Waals surface area contributed by atoms with Crippen LogP contribution in [-0.4, -0.2) is 5.91 Å². The molecule has 0 saturated carbocycles. The van der Waals surface area contributed by atoms with E-state index in [9.17, 15) is 4.79 Å². The average Bonchev–Trinajstić information content (AvgIpc) is 3.19. The maximum absolute atomic E-state index is 12.3. The van der Waals surface area contributed by atoms with Crippen LogP contribution in [-0.2, 0) is 4.79 Å². The normalized spacial score (nSPS) is 18.6. The molecule has 108 valence electrons. The second-order valence-electron chi connectivity index (χ2n) is 5.40. The van der Waals surface area contributed by atoms with Gasteiger partial charge in [0.2, 0.25) is 5.91 Å². The number of benzene rings is 1. The Labute approximate surface area is 124 Å². The van der Waals surface area contributed by atoms with Gasteiger partial charge in [0, 0.05) is 6.42 Å². The first-order valence-electron chi connectivity index (χ1n) is 7.37. The first kappa shape index (κ1) is 13.7. The van der Waals surface area contributed by atoms with Crippen LogP contribution in [0.4, 0.5) is 0 Å². The molecule has 1 amide bonds. The minimum atomic E-state index is -0.223. The first-order chi connectivity index (χ1) is 10.3. The number of carbonyl (C=O) groups excluding carboxylic acids is 1.